The van der Waals surface area contributed by atoms with Gasteiger partial charge in [0.2, 0.25) is 0 Å². The van der Waals surface area contributed by atoms with Gasteiger partial charge in [-0.05, 0) is 65.7 Å². The second-order valence-corrected chi connectivity index (χ2v) is 6.06. The molecule has 0 spiro atoms. The monoisotopic (exact) mass is 310 g/mol. The summed E-state index contributed by atoms with van der Waals surface area (Å²) in [5.74, 6) is 0. The van der Waals surface area contributed by atoms with Crippen molar-refractivity contribution in [2.24, 2.45) is 5.73 Å². The first-order chi connectivity index (χ1) is 8.70. The van der Waals surface area contributed by atoms with Gasteiger partial charge in [0, 0.05) is 23.6 Å². The molecule has 1 atom stereocenters. The summed E-state index contributed by atoms with van der Waals surface area (Å²) in [4.78, 5) is 2.48. The average Bonchev–Trinajstić information content (AvgIpc) is 2.40. The van der Waals surface area contributed by atoms with Crippen LogP contribution in [0.1, 0.15) is 38.2 Å². The van der Waals surface area contributed by atoms with Crippen molar-refractivity contribution < 1.29 is 0 Å². The van der Waals surface area contributed by atoms with Gasteiger partial charge in [-0.3, -0.25) is 0 Å². The Bertz CT molecular complexity index is 386. The van der Waals surface area contributed by atoms with Crippen molar-refractivity contribution in [3.05, 3.63) is 28.2 Å². The number of piperidine rings is 1. The molecular weight excluding hydrogens is 288 g/mol. The number of rotatable bonds is 4. The second kappa shape index (κ2) is 6.58. The first-order valence-electron chi connectivity index (χ1n) is 6.99. The van der Waals surface area contributed by atoms with Crippen molar-refractivity contribution in [3.63, 3.8) is 0 Å². The summed E-state index contributed by atoms with van der Waals surface area (Å²) in [6, 6.07) is 6.98. The smallest absolute Gasteiger partial charge is 0.0510 e. The minimum atomic E-state index is 0.276. The maximum Gasteiger partial charge on any atom is 0.0510 e. The van der Waals surface area contributed by atoms with Crippen molar-refractivity contribution in [3.8, 4) is 0 Å². The lowest BCUT2D eigenvalue weighted by Gasteiger charge is -2.30. The minimum absolute atomic E-state index is 0.276. The van der Waals surface area contributed by atoms with Gasteiger partial charge in [-0.2, -0.15) is 0 Å². The number of halogens is 1. The fraction of sp³-hybridized carbons (Fsp3) is 0.600. The Labute approximate surface area is 119 Å². The molecule has 1 aliphatic rings. The predicted octanol–water partition coefficient (Wildman–Crippen LogP) is 3.72. The predicted molar refractivity (Wildman–Crippen MR) is 82.2 cm³/mol. The lowest BCUT2D eigenvalue weighted by Crippen LogP contribution is -2.29. The Balaban J connectivity index is 2.09. The number of benzene rings is 1. The van der Waals surface area contributed by atoms with Crippen LogP contribution in [-0.4, -0.2) is 19.1 Å². The molecule has 1 aliphatic heterocycles. The quantitative estimate of drug-likeness (QED) is 0.918. The van der Waals surface area contributed by atoms with E-state index in [0.717, 1.165) is 12.8 Å². The van der Waals surface area contributed by atoms with Gasteiger partial charge in [-0.1, -0.05) is 13.0 Å². The fourth-order valence-corrected chi connectivity index (χ4v) is 3.19. The van der Waals surface area contributed by atoms with Crippen molar-refractivity contribution in [2.45, 2.75) is 45.1 Å². The Morgan fingerprint density at radius 1 is 1.28 bits per heavy atom. The first-order valence-corrected chi connectivity index (χ1v) is 7.79. The highest BCUT2D eigenvalue weighted by Gasteiger charge is 2.14. The average molecular weight is 311 g/mol. The molecule has 18 heavy (non-hydrogen) atoms. The molecule has 0 aliphatic carbocycles. The molecule has 1 unspecified atom stereocenters. The third-order valence-electron chi connectivity index (χ3n) is 3.73. The van der Waals surface area contributed by atoms with E-state index < -0.39 is 0 Å². The highest BCUT2D eigenvalue weighted by atomic mass is 79.9. The van der Waals surface area contributed by atoms with Gasteiger partial charge in [-0.15, -0.1) is 0 Å². The van der Waals surface area contributed by atoms with Crippen LogP contribution in [0, 0.1) is 0 Å². The molecule has 0 saturated carbocycles. The summed E-state index contributed by atoms with van der Waals surface area (Å²) >= 11 is 3.71. The van der Waals surface area contributed by atoms with E-state index in [0.29, 0.717) is 0 Å². The molecule has 0 amide bonds. The fourth-order valence-electron chi connectivity index (χ4n) is 2.52. The lowest BCUT2D eigenvalue weighted by atomic mass is 10.0. The van der Waals surface area contributed by atoms with Crippen molar-refractivity contribution in [1.29, 1.82) is 0 Å². The molecule has 0 aromatic heterocycles. The molecule has 2 N–H and O–H groups in total. The van der Waals surface area contributed by atoms with E-state index in [1.807, 2.05) is 0 Å². The molecule has 2 nitrogen and oxygen atoms in total. The summed E-state index contributed by atoms with van der Waals surface area (Å²) in [6.45, 7) is 4.51. The molecule has 1 aromatic carbocycles. The first kappa shape index (κ1) is 13.9. The van der Waals surface area contributed by atoms with Gasteiger partial charge < -0.3 is 10.6 Å². The Morgan fingerprint density at radius 2 is 2.00 bits per heavy atom. The third kappa shape index (κ3) is 3.48. The Morgan fingerprint density at radius 3 is 2.61 bits per heavy atom. The number of nitrogens with two attached hydrogens (primary N) is 1. The number of nitrogens with zero attached hydrogens (tertiary/aromatic N) is 1. The molecule has 1 fully saturated rings. The van der Waals surface area contributed by atoms with Gasteiger partial charge in [0.1, 0.15) is 0 Å². The van der Waals surface area contributed by atoms with Crippen LogP contribution in [-0.2, 0) is 6.42 Å². The van der Waals surface area contributed by atoms with E-state index >= 15 is 0 Å². The van der Waals surface area contributed by atoms with Crippen LogP contribution >= 0.6 is 15.9 Å². The molecule has 100 valence electrons. The minimum Gasteiger partial charge on any atom is -0.371 e. The van der Waals surface area contributed by atoms with Gasteiger partial charge in [0.15, 0.2) is 0 Å². The molecule has 1 aromatic rings. The molecule has 3 heteroatoms. The summed E-state index contributed by atoms with van der Waals surface area (Å²) in [7, 11) is 0. The zero-order valence-corrected chi connectivity index (χ0v) is 12.7. The summed E-state index contributed by atoms with van der Waals surface area (Å²) in [6.07, 6.45) is 6.00. The van der Waals surface area contributed by atoms with Gasteiger partial charge in [0.25, 0.3) is 0 Å². The van der Waals surface area contributed by atoms with E-state index in [9.17, 15) is 0 Å². The number of hydrogen-bond acceptors (Lipinski definition) is 2. The zero-order valence-electron chi connectivity index (χ0n) is 11.2. The number of hydrogen-bond donors (Lipinski definition) is 1. The second-order valence-electron chi connectivity index (χ2n) is 5.21. The maximum atomic E-state index is 6.01. The molecule has 1 heterocycles. The third-order valence-corrected chi connectivity index (χ3v) is 4.37. The van der Waals surface area contributed by atoms with Crippen LogP contribution < -0.4 is 10.6 Å². The molecule has 0 radical (unpaired) electrons. The Hall–Kier alpha value is -0.540. The van der Waals surface area contributed by atoms with Crippen LogP contribution in [0.5, 0.6) is 0 Å². The van der Waals surface area contributed by atoms with Crippen molar-refractivity contribution in [1.82, 2.24) is 0 Å². The van der Waals surface area contributed by atoms with E-state index in [2.05, 4.69) is 46.0 Å². The van der Waals surface area contributed by atoms with Gasteiger partial charge in [0.05, 0.1) is 5.69 Å². The van der Waals surface area contributed by atoms with Gasteiger partial charge in [-0.25, -0.2) is 0 Å². The van der Waals surface area contributed by atoms with E-state index in [1.54, 1.807) is 0 Å². The summed E-state index contributed by atoms with van der Waals surface area (Å²) in [5, 5.41) is 0. The Kier molecular flexibility index (Phi) is 5.07. The highest BCUT2D eigenvalue weighted by molar-refractivity contribution is 9.10. The highest BCUT2D eigenvalue weighted by Crippen LogP contribution is 2.29. The summed E-state index contributed by atoms with van der Waals surface area (Å²) in [5.41, 5.74) is 8.68. The SMILES string of the molecule is CCC(N)Cc1ccc(N2CCCCC2)c(Br)c1. The van der Waals surface area contributed by atoms with Crippen LogP contribution in [0.25, 0.3) is 0 Å². The molecular formula is C15H23BrN2. The summed E-state index contributed by atoms with van der Waals surface area (Å²) < 4.78 is 1.21. The van der Waals surface area contributed by atoms with E-state index in [4.69, 9.17) is 5.73 Å². The van der Waals surface area contributed by atoms with Crippen LogP contribution in [0.2, 0.25) is 0 Å². The molecule has 0 bridgehead atoms. The molecule has 2 rings (SSSR count). The van der Waals surface area contributed by atoms with E-state index in [1.165, 1.54) is 48.1 Å². The normalized spacial score (nSPS) is 17.8. The lowest BCUT2D eigenvalue weighted by molar-refractivity contribution is 0.577. The molecule has 1 saturated heterocycles. The van der Waals surface area contributed by atoms with Gasteiger partial charge >= 0.3 is 0 Å². The number of anilines is 1. The van der Waals surface area contributed by atoms with Crippen LogP contribution in [0.3, 0.4) is 0 Å². The van der Waals surface area contributed by atoms with Crippen molar-refractivity contribution in [2.75, 3.05) is 18.0 Å². The maximum absolute atomic E-state index is 6.01. The van der Waals surface area contributed by atoms with Crippen LogP contribution in [0.4, 0.5) is 5.69 Å². The standard InChI is InChI=1S/C15H23BrN2/c1-2-13(17)10-12-6-7-15(14(16)11-12)18-8-4-3-5-9-18/h6-7,11,13H,2-5,8-10,17H2,1H3. The largest absolute Gasteiger partial charge is 0.371 e. The zero-order chi connectivity index (χ0) is 13.0. The van der Waals surface area contributed by atoms with Crippen LogP contribution in [0.15, 0.2) is 22.7 Å². The van der Waals surface area contributed by atoms with E-state index in [-0.39, 0.29) is 6.04 Å². The van der Waals surface area contributed by atoms with Crippen molar-refractivity contribution >= 4 is 21.6 Å². The topological polar surface area (TPSA) is 29.3 Å².